The maximum absolute atomic E-state index is 12.2. The lowest BCUT2D eigenvalue weighted by Gasteiger charge is -2.25. The SMILES string of the molecule is CC1=N/C(=C\c2ccc(N(c3ccccc3)c3ccccc3)cc2)C(=O)N1C. The summed E-state index contributed by atoms with van der Waals surface area (Å²) in [6, 6.07) is 28.7. The Labute approximate surface area is 165 Å². The number of hydrogen-bond acceptors (Lipinski definition) is 3. The summed E-state index contributed by atoms with van der Waals surface area (Å²) in [7, 11) is 1.74. The van der Waals surface area contributed by atoms with Crippen molar-refractivity contribution in [1.29, 1.82) is 0 Å². The number of para-hydroxylation sites is 2. The molecule has 0 N–H and O–H groups in total. The Morgan fingerprint density at radius 1 is 0.786 bits per heavy atom. The molecule has 0 aliphatic carbocycles. The largest absolute Gasteiger partial charge is 0.311 e. The zero-order valence-corrected chi connectivity index (χ0v) is 15.9. The van der Waals surface area contributed by atoms with Gasteiger partial charge in [-0.25, -0.2) is 4.99 Å². The summed E-state index contributed by atoms with van der Waals surface area (Å²) in [5.41, 5.74) is 4.64. The van der Waals surface area contributed by atoms with E-state index >= 15 is 0 Å². The average Bonchev–Trinajstić information content (AvgIpc) is 2.98. The molecule has 4 nitrogen and oxygen atoms in total. The second kappa shape index (κ2) is 7.53. The molecule has 0 saturated heterocycles. The summed E-state index contributed by atoms with van der Waals surface area (Å²) < 4.78 is 0. The third-order valence-corrected chi connectivity index (χ3v) is 4.77. The molecule has 1 aliphatic heterocycles. The third kappa shape index (κ3) is 3.45. The van der Waals surface area contributed by atoms with E-state index in [1.54, 1.807) is 11.9 Å². The molecule has 0 fully saturated rings. The van der Waals surface area contributed by atoms with E-state index in [1.807, 2.05) is 61.5 Å². The van der Waals surface area contributed by atoms with Crippen molar-refractivity contribution >= 4 is 34.9 Å². The summed E-state index contributed by atoms with van der Waals surface area (Å²) in [4.78, 5) is 20.3. The highest BCUT2D eigenvalue weighted by Gasteiger charge is 2.23. The predicted octanol–water partition coefficient (Wildman–Crippen LogP) is 5.39. The van der Waals surface area contributed by atoms with Gasteiger partial charge < -0.3 is 4.90 Å². The van der Waals surface area contributed by atoms with Crippen LogP contribution in [-0.4, -0.2) is 23.7 Å². The normalized spacial score (nSPS) is 15.1. The van der Waals surface area contributed by atoms with Crippen molar-refractivity contribution in [2.45, 2.75) is 6.92 Å². The van der Waals surface area contributed by atoms with Gasteiger partial charge in [0.15, 0.2) is 0 Å². The molecule has 1 heterocycles. The van der Waals surface area contributed by atoms with Crippen molar-refractivity contribution in [1.82, 2.24) is 4.90 Å². The molecule has 1 aliphatic rings. The van der Waals surface area contributed by atoms with E-state index in [9.17, 15) is 4.79 Å². The Morgan fingerprint density at radius 3 is 1.75 bits per heavy atom. The molecule has 138 valence electrons. The molecule has 0 bridgehead atoms. The highest BCUT2D eigenvalue weighted by Crippen LogP contribution is 2.34. The number of likely N-dealkylation sites (N-methyl/N-ethyl adjacent to an activating group) is 1. The van der Waals surface area contributed by atoms with Crippen LogP contribution in [0.2, 0.25) is 0 Å². The van der Waals surface area contributed by atoms with Crippen LogP contribution in [0, 0.1) is 0 Å². The number of amidine groups is 1. The van der Waals surface area contributed by atoms with Crippen LogP contribution in [0.5, 0.6) is 0 Å². The Balaban J connectivity index is 1.69. The van der Waals surface area contributed by atoms with Gasteiger partial charge in [-0.1, -0.05) is 48.5 Å². The smallest absolute Gasteiger partial charge is 0.277 e. The molecule has 0 spiro atoms. The number of hydrogen-bond donors (Lipinski definition) is 0. The van der Waals surface area contributed by atoms with Crippen LogP contribution in [-0.2, 0) is 4.79 Å². The second-order valence-electron chi connectivity index (χ2n) is 6.65. The Kier molecular flexibility index (Phi) is 4.77. The Bertz CT molecular complexity index is 999. The first-order chi connectivity index (χ1) is 13.6. The number of carbonyl (C=O) groups is 1. The summed E-state index contributed by atoms with van der Waals surface area (Å²) >= 11 is 0. The number of aliphatic imine (C=N–C) groups is 1. The average molecular weight is 367 g/mol. The highest BCUT2D eigenvalue weighted by molar-refractivity contribution is 6.13. The lowest BCUT2D eigenvalue weighted by atomic mass is 10.1. The Morgan fingerprint density at radius 2 is 1.29 bits per heavy atom. The molecule has 0 unspecified atom stereocenters. The number of anilines is 3. The van der Waals surface area contributed by atoms with Crippen LogP contribution in [0.4, 0.5) is 17.1 Å². The molecule has 3 aromatic carbocycles. The van der Waals surface area contributed by atoms with Gasteiger partial charge in [-0.3, -0.25) is 9.69 Å². The molecule has 28 heavy (non-hydrogen) atoms. The van der Waals surface area contributed by atoms with E-state index in [1.165, 1.54) is 0 Å². The number of benzene rings is 3. The van der Waals surface area contributed by atoms with Crippen molar-refractivity contribution in [2.24, 2.45) is 4.99 Å². The van der Waals surface area contributed by atoms with Crippen LogP contribution in [0.3, 0.4) is 0 Å². The standard InChI is InChI=1S/C24H21N3O/c1-18-25-23(24(28)26(18)2)17-19-13-15-22(16-14-19)27(20-9-5-3-6-10-20)21-11-7-4-8-12-21/h3-17H,1-2H3/b23-17-. The van der Waals surface area contributed by atoms with Crippen LogP contribution in [0.15, 0.2) is 95.6 Å². The van der Waals surface area contributed by atoms with Gasteiger partial charge in [0.05, 0.1) is 0 Å². The van der Waals surface area contributed by atoms with Crippen LogP contribution in [0.1, 0.15) is 12.5 Å². The summed E-state index contributed by atoms with van der Waals surface area (Å²) in [5.74, 6) is 0.643. The second-order valence-corrected chi connectivity index (χ2v) is 6.65. The molecule has 0 aromatic heterocycles. The molecule has 4 heteroatoms. The van der Waals surface area contributed by atoms with Crippen molar-refractivity contribution in [3.63, 3.8) is 0 Å². The minimum Gasteiger partial charge on any atom is -0.311 e. The van der Waals surface area contributed by atoms with Gasteiger partial charge in [0, 0.05) is 24.1 Å². The van der Waals surface area contributed by atoms with Gasteiger partial charge >= 0.3 is 0 Å². The van der Waals surface area contributed by atoms with E-state index in [4.69, 9.17) is 0 Å². The fourth-order valence-corrected chi connectivity index (χ4v) is 3.19. The van der Waals surface area contributed by atoms with Crippen LogP contribution >= 0.6 is 0 Å². The number of amides is 1. The van der Waals surface area contributed by atoms with Crippen LogP contribution < -0.4 is 4.90 Å². The molecule has 1 amide bonds. The van der Waals surface area contributed by atoms with Gasteiger partial charge in [-0.15, -0.1) is 0 Å². The van der Waals surface area contributed by atoms with Crippen molar-refractivity contribution in [3.05, 3.63) is 96.2 Å². The first-order valence-corrected chi connectivity index (χ1v) is 9.19. The predicted molar refractivity (Wildman–Crippen MR) is 115 cm³/mol. The quantitative estimate of drug-likeness (QED) is 0.580. The summed E-state index contributed by atoms with van der Waals surface area (Å²) in [6.07, 6.45) is 1.83. The van der Waals surface area contributed by atoms with E-state index < -0.39 is 0 Å². The van der Waals surface area contributed by atoms with Crippen molar-refractivity contribution in [3.8, 4) is 0 Å². The van der Waals surface area contributed by atoms with Crippen molar-refractivity contribution in [2.75, 3.05) is 11.9 Å². The number of nitrogens with zero attached hydrogens (tertiary/aromatic N) is 3. The Hall–Kier alpha value is -3.66. The molecule has 0 atom stereocenters. The number of rotatable bonds is 4. The lowest BCUT2D eigenvalue weighted by Crippen LogP contribution is -2.25. The summed E-state index contributed by atoms with van der Waals surface area (Å²) in [6.45, 7) is 1.83. The fraction of sp³-hybridized carbons (Fsp3) is 0.0833. The van der Waals surface area contributed by atoms with Crippen molar-refractivity contribution < 1.29 is 4.79 Å². The highest BCUT2D eigenvalue weighted by atomic mass is 16.2. The minimum atomic E-state index is -0.0724. The zero-order valence-electron chi connectivity index (χ0n) is 15.9. The van der Waals surface area contributed by atoms with Gasteiger partial charge in [0.1, 0.15) is 11.5 Å². The molecular weight excluding hydrogens is 346 g/mol. The molecule has 4 rings (SSSR count). The van der Waals surface area contributed by atoms with Crippen LogP contribution in [0.25, 0.3) is 6.08 Å². The molecule has 0 radical (unpaired) electrons. The first kappa shape index (κ1) is 17.7. The van der Waals surface area contributed by atoms with Gasteiger partial charge in [-0.05, 0) is 55.0 Å². The van der Waals surface area contributed by atoms with E-state index in [0.717, 1.165) is 22.6 Å². The third-order valence-electron chi connectivity index (χ3n) is 4.77. The topological polar surface area (TPSA) is 35.9 Å². The maximum Gasteiger partial charge on any atom is 0.277 e. The zero-order chi connectivity index (χ0) is 19.5. The minimum absolute atomic E-state index is 0.0724. The summed E-state index contributed by atoms with van der Waals surface area (Å²) in [5, 5.41) is 0. The van der Waals surface area contributed by atoms with Gasteiger partial charge in [-0.2, -0.15) is 0 Å². The lowest BCUT2D eigenvalue weighted by molar-refractivity contribution is -0.121. The molecule has 0 saturated carbocycles. The van der Waals surface area contributed by atoms with E-state index in [2.05, 4.69) is 46.3 Å². The number of carbonyl (C=O) groups excluding carboxylic acids is 1. The maximum atomic E-state index is 12.2. The van der Waals surface area contributed by atoms with Gasteiger partial charge in [0.25, 0.3) is 5.91 Å². The van der Waals surface area contributed by atoms with E-state index in [0.29, 0.717) is 11.5 Å². The molecule has 3 aromatic rings. The van der Waals surface area contributed by atoms with E-state index in [-0.39, 0.29) is 5.91 Å². The first-order valence-electron chi connectivity index (χ1n) is 9.19. The fourth-order valence-electron chi connectivity index (χ4n) is 3.19. The molecular formula is C24H21N3O. The monoisotopic (exact) mass is 367 g/mol. The van der Waals surface area contributed by atoms with Gasteiger partial charge in [0.2, 0.25) is 0 Å².